The van der Waals surface area contributed by atoms with Crippen molar-refractivity contribution in [2.45, 2.75) is 0 Å². The molecular weight excluding hydrogens is 152 g/mol. The van der Waals surface area contributed by atoms with Gasteiger partial charge in [0.05, 0.1) is 13.3 Å². The number of methoxy groups -OCH3 is 1. The second-order valence-corrected chi connectivity index (χ2v) is 2.16. The van der Waals surface area contributed by atoms with Gasteiger partial charge in [0.25, 0.3) is 0 Å². The Morgan fingerprint density at radius 2 is 2.00 bits per heavy atom. The molecule has 0 heterocycles. The van der Waals surface area contributed by atoms with Crippen LogP contribution in [-0.4, -0.2) is 20.0 Å². The molecule has 0 aliphatic heterocycles. The van der Waals surface area contributed by atoms with Gasteiger partial charge >= 0.3 is 0 Å². The first-order chi connectivity index (χ1) is 5.86. The topological polar surface area (TPSA) is 34.0 Å². The van der Waals surface area contributed by atoms with Crippen molar-refractivity contribution in [1.82, 2.24) is 0 Å². The van der Waals surface area contributed by atoms with E-state index in [2.05, 4.69) is 16.9 Å². The number of hydrogen-bond donors (Lipinski definition) is 0. The largest absolute Gasteiger partial charge is 0.497 e. The fraction of sp³-hybridized carbons (Fsp3) is 0.111. The predicted molar refractivity (Wildman–Crippen MR) is 50.1 cm³/mol. The van der Waals surface area contributed by atoms with Gasteiger partial charge < -0.3 is 4.74 Å². The fourth-order valence-corrected chi connectivity index (χ4v) is 0.797. The lowest BCUT2D eigenvalue weighted by Gasteiger charge is -1.97. The Morgan fingerprint density at radius 1 is 1.33 bits per heavy atom. The lowest BCUT2D eigenvalue weighted by atomic mass is 10.2. The molecule has 0 aromatic heterocycles. The summed E-state index contributed by atoms with van der Waals surface area (Å²) in [5.74, 6) is 0.832. The summed E-state index contributed by atoms with van der Waals surface area (Å²) in [6, 6.07) is 7.52. The first kappa shape index (κ1) is 8.46. The molecular formula is C9H10N2O. The Hall–Kier alpha value is -1.64. The van der Waals surface area contributed by atoms with E-state index in [1.54, 1.807) is 13.3 Å². The van der Waals surface area contributed by atoms with Crippen molar-refractivity contribution in [3.05, 3.63) is 29.8 Å². The highest BCUT2D eigenvalue weighted by atomic mass is 16.5. The second kappa shape index (κ2) is 4.28. The van der Waals surface area contributed by atoms with E-state index in [1.165, 1.54) is 0 Å². The van der Waals surface area contributed by atoms with Crippen LogP contribution in [0.15, 0.2) is 34.5 Å². The van der Waals surface area contributed by atoms with E-state index in [9.17, 15) is 0 Å². The van der Waals surface area contributed by atoms with Crippen molar-refractivity contribution < 1.29 is 4.74 Å². The van der Waals surface area contributed by atoms with E-state index in [4.69, 9.17) is 4.74 Å². The predicted octanol–water partition coefficient (Wildman–Crippen LogP) is 1.73. The van der Waals surface area contributed by atoms with Gasteiger partial charge in [-0.1, -0.05) is 0 Å². The molecule has 62 valence electrons. The summed E-state index contributed by atoms with van der Waals surface area (Å²) < 4.78 is 4.99. The van der Waals surface area contributed by atoms with Crippen LogP contribution in [0.4, 0.5) is 0 Å². The summed E-state index contributed by atoms with van der Waals surface area (Å²) in [6.07, 6.45) is 1.63. The average molecular weight is 162 g/mol. The normalized spacial score (nSPS) is 10.1. The third-order valence-electron chi connectivity index (χ3n) is 1.40. The van der Waals surface area contributed by atoms with Crippen LogP contribution in [0.25, 0.3) is 0 Å². The zero-order chi connectivity index (χ0) is 8.81. The molecule has 0 aliphatic rings. The van der Waals surface area contributed by atoms with Gasteiger partial charge in [-0.15, -0.1) is 0 Å². The van der Waals surface area contributed by atoms with Crippen LogP contribution in [0.3, 0.4) is 0 Å². The molecule has 0 N–H and O–H groups in total. The zero-order valence-corrected chi connectivity index (χ0v) is 6.90. The van der Waals surface area contributed by atoms with Crippen molar-refractivity contribution in [3.63, 3.8) is 0 Å². The lowest BCUT2D eigenvalue weighted by Crippen LogP contribution is -1.83. The summed E-state index contributed by atoms with van der Waals surface area (Å²) in [4.78, 5) is 0. The van der Waals surface area contributed by atoms with Gasteiger partial charge in [-0.2, -0.15) is 10.2 Å². The molecule has 0 bridgehead atoms. The van der Waals surface area contributed by atoms with Gasteiger partial charge in [-0.05, 0) is 29.8 Å². The first-order valence-corrected chi connectivity index (χ1v) is 3.50. The number of nitrogens with zero attached hydrogens (tertiary/aromatic N) is 2. The quantitative estimate of drug-likeness (QED) is 0.492. The first-order valence-electron chi connectivity index (χ1n) is 3.50. The zero-order valence-electron chi connectivity index (χ0n) is 6.90. The molecule has 12 heavy (non-hydrogen) atoms. The van der Waals surface area contributed by atoms with Crippen LogP contribution in [0.2, 0.25) is 0 Å². The highest BCUT2D eigenvalue weighted by Gasteiger charge is 1.89. The van der Waals surface area contributed by atoms with E-state index in [-0.39, 0.29) is 0 Å². The summed E-state index contributed by atoms with van der Waals surface area (Å²) in [5.41, 5.74) is 0.975. The Kier molecular flexibility index (Phi) is 3.02. The molecule has 1 aromatic carbocycles. The maximum absolute atomic E-state index is 4.99. The smallest absolute Gasteiger partial charge is 0.118 e. The number of ether oxygens (including phenoxy) is 1. The van der Waals surface area contributed by atoms with E-state index < -0.39 is 0 Å². The number of rotatable bonds is 3. The average Bonchev–Trinajstić information content (AvgIpc) is 2.15. The minimum atomic E-state index is 0.832. The van der Waals surface area contributed by atoms with Crippen LogP contribution in [0.5, 0.6) is 5.75 Å². The van der Waals surface area contributed by atoms with Crippen LogP contribution in [0.1, 0.15) is 5.56 Å². The molecule has 3 heteroatoms. The molecule has 0 amide bonds. The van der Waals surface area contributed by atoms with E-state index >= 15 is 0 Å². The molecule has 0 unspecified atom stereocenters. The summed E-state index contributed by atoms with van der Waals surface area (Å²) in [5, 5.41) is 7.01. The monoisotopic (exact) mass is 162 g/mol. The van der Waals surface area contributed by atoms with E-state index in [1.807, 2.05) is 24.3 Å². The van der Waals surface area contributed by atoms with Gasteiger partial charge in [0.15, 0.2) is 0 Å². The van der Waals surface area contributed by atoms with Gasteiger partial charge in [0, 0.05) is 6.72 Å². The van der Waals surface area contributed by atoms with Gasteiger partial charge in [0.1, 0.15) is 5.75 Å². The molecule has 1 aromatic rings. The SMILES string of the molecule is C=N/N=C/c1ccc(OC)cc1. The third-order valence-corrected chi connectivity index (χ3v) is 1.40. The van der Waals surface area contributed by atoms with Crippen LogP contribution >= 0.6 is 0 Å². The molecule has 0 saturated carbocycles. The lowest BCUT2D eigenvalue weighted by molar-refractivity contribution is 0.415. The minimum Gasteiger partial charge on any atom is -0.497 e. The molecule has 0 saturated heterocycles. The highest BCUT2D eigenvalue weighted by Crippen LogP contribution is 2.09. The molecule has 0 fully saturated rings. The maximum atomic E-state index is 4.99. The molecule has 1 rings (SSSR count). The van der Waals surface area contributed by atoms with Crippen molar-refractivity contribution >= 4 is 12.9 Å². The molecule has 0 spiro atoms. The fourth-order valence-electron chi connectivity index (χ4n) is 0.797. The molecule has 0 radical (unpaired) electrons. The highest BCUT2D eigenvalue weighted by molar-refractivity contribution is 5.79. The number of hydrogen-bond acceptors (Lipinski definition) is 3. The van der Waals surface area contributed by atoms with Crippen LogP contribution < -0.4 is 4.74 Å². The van der Waals surface area contributed by atoms with Crippen molar-refractivity contribution in [1.29, 1.82) is 0 Å². The standard InChI is InChI=1S/C9H10N2O/c1-10-11-7-8-3-5-9(12-2)6-4-8/h3-7H,1H2,2H3/b11-7+. The minimum absolute atomic E-state index is 0.832. The molecule has 3 nitrogen and oxygen atoms in total. The second-order valence-electron chi connectivity index (χ2n) is 2.16. The molecule has 0 atom stereocenters. The van der Waals surface area contributed by atoms with Crippen molar-refractivity contribution in [2.75, 3.05) is 7.11 Å². The van der Waals surface area contributed by atoms with E-state index in [0.717, 1.165) is 11.3 Å². The van der Waals surface area contributed by atoms with Gasteiger partial charge in [0.2, 0.25) is 0 Å². The van der Waals surface area contributed by atoms with Crippen LogP contribution in [-0.2, 0) is 0 Å². The van der Waals surface area contributed by atoms with Gasteiger partial charge in [-0.3, -0.25) is 0 Å². The molecule has 0 aliphatic carbocycles. The summed E-state index contributed by atoms with van der Waals surface area (Å²) in [6.45, 7) is 3.24. The van der Waals surface area contributed by atoms with Crippen LogP contribution in [0, 0.1) is 0 Å². The Balaban J connectivity index is 2.77. The number of benzene rings is 1. The van der Waals surface area contributed by atoms with Crippen molar-refractivity contribution in [2.24, 2.45) is 10.2 Å². The van der Waals surface area contributed by atoms with Gasteiger partial charge in [-0.25, -0.2) is 0 Å². The third kappa shape index (κ3) is 2.20. The Bertz CT molecular complexity index is 277. The Labute approximate surface area is 71.4 Å². The maximum Gasteiger partial charge on any atom is 0.118 e. The van der Waals surface area contributed by atoms with E-state index in [0.29, 0.717) is 0 Å². The summed E-state index contributed by atoms with van der Waals surface area (Å²) in [7, 11) is 1.63. The van der Waals surface area contributed by atoms with Crippen molar-refractivity contribution in [3.8, 4) is 5.75 Å². The Morgan fingerprint density at radius 3 is 2.50 bits per heavy atom. The summed E-state index contributed by atoms with van der Waals surface area (Å²) >= 11 is 0.